The van der Waals surface area contributed by atoms with Crippen molar-refractivity contribution in [3.8, 4) is 0 Å². The standard InChI is InChI=1S/C8H5F3INO/c9-8(10,11)7(14)5-3-4(12)1-2-6(5)13/h1-3H,13H2. The van der Waals surface area contributed by atoms with E-state index < -0.39 is 17.5 Å². The molecule has 0 aliphatic carbocycles. The minimum atomic E-state index is -4.88. The highest BCUT2D eigenvalue weighted by Crippen LogP contribution is 2.25. The molecule has 2 nitrogen and oxygen atoms in total. The number of hydrogen-bond donors (Lipinski definition) is 1. The van der Waals surface area contributed by atoms with Crippen molar-refractivity contribution in [3.05, 3.63) is 27.3 Å². The van der Waals surface area contributed by atoms with Crippen LogP contribution >= 0.6 is 22.6 Å². The summed E-state index contributed by atoms with van der Waals surface area (Å²) in [5.74, 6) is -1.91. The lowest BCUT2D eigenvalue weighted by molar-refractivity contribution is -0.0884. The lowest BCUT2D eigenvalue weighted by atomic mass is 10.1. The van der Waals surface area contributed by atoms with E-state index in [0.717, 1.165) is 6.07 Å². The predicted molar refractivity (Wildman–Crippen MR) is 54.0 cm³/mol. The minimum absolute atomic E-state index is 0.159. The molecule has 1 aromatic carbocycles. The quantitative estimate of drug-likeness (QED) is 0.492. The summed E-state index contributed by atoms with van der Waals surface area (Å²) < 4.78 is 36.6. The van der Waals surface area contributed by atoms with Gasteiger partial charge < -0.3 is 5.73 Å². The number of carbonyl (C=O) groups excluding carboxylic acids is 1. The third-order valence-corrected chi connectivity index (χ3v) is 2.19. The summed E-state index contributed by atoms with van der Waals surface area (Å²) in [5.41, 5.74) is 4.61. The molecule has 14 heavy (non-hydrogen) atoms. The van der Waals surface area contributed by atoms with E-state index in [9.17, 15) is 18.0 Å². The van der Waals surface area contributed by atoms with Gasteiger partial charge in [-0.1, -0.05) is 0 Å². The van der Waals surface area contributed by atoms with Gasteiger partial charge in [-0.25, -0.2) is 0 Å². The summed E-state index contributed by atoms with van der Waals surface area (Å²) >= 11 is 1.81. The van der Waals surface area contributed by atoms with Gasteiger partial charge in [-0.05, 0) is 40.8 Å². The first-order valence-corrected chi connectivity index (χ1v) is 4.57. The molecule has 0 bridgehead atoms. The smallest absolute Gasteiger partial charge is 0.398 e. The zero-order chi connectivity index (χ0) is 10.9. The second-order valence-electron chi connectivity index (χ2n) is 2.56. The maximum atomic E-state index is 12.0. The monoisotopic (exact) mass is 315 g/mol. The number of benzene rings is 1. The van der Waals surface area contributed by atoms with Gasteiger partial charge in [-0.15, -0.1) is 0 Å². The third-order valence-electron chi connectivity index (χ3n) is 1.52. The summed E-state index contributed by atoms with van der Waals surface area (Å²) in [7, 11) is 0. The van der Waals surface area contributed by atoms with Crippen molar-refractivity contribution in [1.82, 2.24) is 0 Å². The Labute approximate surface area is 91.4 Å². The van der Waals surface area contributed by atoms with Crippen molar-refractivity contribution in [2.24, 2.45) is 0 Å². The van der Waals surface area contributed by atoms with Gasteiger partial charge in [0.2, 0.25) is 0 Å². The Hall–Kier alpha value is -0.790. The second kappa shape index (κ2) is 3.76. The topological polar surface area (TPSA) is 43.1 Å². The van der Waals surface area contributed by atoms with Crippen molar-refractivity contribution in [1.29, 1.82) is 0 Å². The molecule has 0 radical (unpaired) electrons. The molecule has 1 rings (SSSR count). The maximum absolute atomic E-state index is 12.0. The molecule has 0 aliphatic heterocycles. The molecule has 1 aromatic rings. The van der Waals surface area contributed by atoms with E-state index in [-0.39, 0.29) is 5.69 Å². The molecule has 0 fully saturated rings. The zero-order valence-corrected chi connectivity index (χ0v) is 8.89. The van der Waals surface area contributed by atoms with E-state index in [4.69, 9.17) is 5.73 Å². The van der Waals surface area contributed by atoms with E-state index in [1.807, 2.05) is 22.6 Å². The van der Waals surface area contributed by atoms with E-state index >= 15 is 0 Å². The predicted octanol–water partition coefficient (Wildman–Crippen LogP) is 2.62. The molecular formula is C8H5F3INO. The third kappa shape index (κ3) is 2.37. The molecule has 0 saturated heterocycles. The van der Waals surface area contributed by atoms with Gasteiger partial charge in [-0.3, -0.25) is 4.79 Å². The number of anilines is 1. The summed E-state index contributed by atoms with van der Waals surface area (Å²) in [5, 5.41) is 0. The average Bonchev–Trinajstić information content (AvgIpc) is 2.06. The maximum Gasteiger partial charge on any atom is 0.454 e. The van der Waals surface area contributed by atoms with Crippen LogP contribution in [0.4, 0.5) is 18.9 Å². The summed E-state index contributed by atoms with van der Waals surface area (Å²) in [6, 6.07) is 3.93. The number of alkyl halides is 3. The molecule has 0 atom stereocenters. The van der Waals surface area contributed by atoms with Crippen molar-refractivity contribution in [3.63, 3.8) is 0 Å². The van der Waals surface area contributed by atoms with E-state index in [2.05, 4.69) is 0 Å². The molecule has 0 aromatic heterocycles. The van der Waals surface area contributed by atoms with Crippen LogP contribution < -0.4 is 5.73 Å². The van der Waals surface area contributed by atoms with Gasteiger partial charge in [0.05, 0.1) is 5.56 Å². The number of halogens is 4. The normalized spacial score (nSPS) is 11.4. The molecule has 0 aliphatic rings. The Bertz CT molecular complexity index is 375. The zero-order valence-electron chi connectivity index (χ0n) is 6.73. The van der Waals surface area contributed by atoms with Gasteiger partial charge in [-0.2, -0.15) is 13.2 Å². The Balaban J connectivity index is 3.19. The highest BCUT2D eigenvalue weighted by Gasteiger charge is 2.40. The number of Topliss-reactive ketones (excluding diaryl/α,β-unsaturated/α-hetero) is 1. The van der Waals surface area contributed by atoms with Crippen LogP contribution in [0.25, 0.3) is 0 Å². The van der Waals surface area contributed by atoms with Crippen molar-refractivity contribution in [2.75, 3.05) is 5.73 Å². The van der Waals surface area contributed by atoms with Crippen LogP contribution in [0.1, 0.15) is 10.4 Å². The van der Waals surface area contributed by atoms with E-state index in [1.54, 1.807) is 0 Å². The molecule has 0 heterocycles. The van der Waals surface area contributed by atoms with Crippen LogP contribution in [0.15, 0.2) is 18.2 Å². The molecule has 76 valence electrons. The summed E-state index contributed by atoms with van der Waals surface area (Å²) in [6.45, 7) is 0. The SMILES string of the molecule is Nc1ccc(I)cc1C(=O)C(F)(F)F. The first kappa shape index (κ1) is 11.3. The first-order chi connectivity index (χ1) is 6.32. The number of carbonyl (C=O) groups is 1. The van der Waals surface area contributed by atoms with Crippen molar-refractivity contribution < 1.29 is 18.0 Å². The summed E-state index contributed by atoms with van der Waals surface area (Å²) in [6.07, 6.45) is -4.88. The largest absolute Gasteiger partial charge is 0.454 e. The van der Waals surface area contributed by atoms with Gasteiger partial charge in [0.15, 0.2) is 0 Å². The van der Waals surface area contributed by atoms with Crippen LogP contribution in [-0.4, -0.2) is 12.0 Å². The molecule has 0 unspecified atom stereocenters. The lowest BCUT2D eigenvalue weighted by Gasteiger charge is -2.07. The van der Waals surface area contributed by atoms with Crippen LogP contribution in [0.5, 0.6) is 0 Å². The van der Waals surface area contributed by atoms with Crippen LogP contribution in [0.3, 0.4) is 0 Å². The average molecular weight is 315 g/mol. The number of rotatable bonds is 1. The van der Waals surface area contributed by atoms with Crippen LogP contribution in [0.2, 0.25) is 0 Å². The first-order valence-electron chi connectivity index (χ1n) is 3.49. The molecule has 0 spiro atoms. The second-order valence-corrected chi connectivity index (χ2v) is 3.80. The molecule has 2 N–H and O–H groups in total. The Kier molecular flexibility index (Phi) is 3.03. The van der Waals surface area contributed by atoms with Crippen molar-refractivity contribution >= 4 is 34.1 Å². The van der Waals surface area contributed by atoms with Gasteiger partial charge in [0.1, 0.15) is 0 Å². The molecule has 0 saturated carbocycles. The van der Waals surface area contributed by atoms with Gasteiger partial charge >= 0.3 is 6.18 Å². The Morgan fingerprint density at radius 3 is 2.43 bits per heavy atom. The van der Waals surface area contributed by atoms with E-state index in [1.165, 1.54) is 12.1 Å². The molecular weight excluding hydrogens is 310 g/mol. The Morgan fingerprint density at radius 1 is 1.36 bits per heavy atom. The van der Waals surface area contributed by atoms with Crippen LogP contribution in [-0.2, 0) is 0 Å². The fraction of sp³-hybridized carbons (Fsp3) is 0.125. The number of nitrogen functional groups attached to an aromatic ring is 1. The molecule has 6 heteroatoms. The highest BCUT2D eigenvalue weighted by molar-refractivity contribution is 14.1. The van der Waals surface area contributed by atoms with E-state index in [0.29, 0.717) is 3.57 Å². The Morgan fingerprint density at radius 2 is 1.93 bits per heavy atom. The lowest BCUT2D eigenvalue weighted by Crippen LogP contribution is -2.23. The number of ketones is 1. The van der Waals surface area contributed by atoms with Crippen LogP contribution in [0, 0.1) is 3.57 Å². The number of nitrogens with two attached hydrogens (primary N) is 1. The highest BCUT2D eigenvalue weighted by atomic mass is 127. The molecule has 0 amide bonds. The van der Waals surface area contributed by atoms with Crippen molar-refractivity contribution in [2.45, 2.75) is 6.18 Å². The number of hydrogen-bond acceptors (Lipinski definition) is 2. The van der Waals surface area contributed by atoms with Gasteiger partial charge in [0.25, 0.3) is 5.78 Å². The fourth-order valence-corrected chi connectivity index (χ4v) is 1.37. The van der Waals surface area contributed by atoms with Gasteiger partial charge in [0, 0.05) is 9.26 Å². The minimum Gasteiger partial charge on any atom is -0.398 e. The fourth-order valence-electron chi connectivity index (χ4n) is 0.878. The summed E-state index contributed by atoms with van der Waals surface area (Å²) in [4.78, 5) is 10.8.